The molecule has 3 heterocycles. The maximum atomic E-state index is 13.3. The van der Waals surface area contributed by atoms with Crippen molar-refractivity contribution >= 4 is 23.1 Å². The van der Waals surface area contributed by atoms with Crippen LogP contribution in [0.4, 0.5) is 11.5 Å². The minimum absolute atomic E-state index is 0.0727. The van der Waals surface area contributed by atoms with E-state index in [1.54, 1.807) is 37.2 Å². The molecule has 0 fully saturated rings. The van der Waals surface area contributed by atoms with E-state index < -0.39 is 17.6 Å². The van der Waals surface area contributed by atoms with Gasteiger partial charge >= 0.3 is 5.69 Å². The molecule has 4 rings (SSSR count). The van der Waals surface area contributed by atoms with Gasteiger partial charge in [-0.05, 0) is 31.0 Å². The van der Waals surface area contributed by atoms with Crippen LogP contribution in [0, 0.1) is 6.92 Å². The maximum Gasteiger partial charge on any atom is 0.332 e. The van der Waals surface area contributed by atoms with Gasteiger partial charge in [-0.1, -0.05) is 23.7 Å². The smallest absolute Gasteiger partial charge is 0.332 e. The van der Waals surface area contributed by atoms with Gasteiger partial charge in [0, 0.05) is 31.8 Å². The predicted molar refractivity (Wildman–Crippen MR) is 119 cm³/mol. The first-order chi connectivity index (χ1) is 15.4. The summed E-state index contributed by atoms with van der Waals surface area (Å²) in [4.78, 5) is 31.9. The number of aromatic nitrogens is 3. The number of aliphatic hydroxyl groups excluding tert-OH is 1. The zero-order chi connectivity index (χ0) is 22.8. The normalized spacial score (nSPS) is 15.1. The Morgan fingerprint density at radius 2 is 2.03 bits per heavy atom. The molecular formula is C21H24ClN5O5. The predicted octanol–water partition coefficient (Wildman–Crippen LogP) is 1.81. The first-order valence-electron chi connectivity index (χ1n) is 10.1. The van der Waals surface area contributed by atoms with Gasteiger partial charge in [-0.2, -0.15) is 0 Å². The van der Waals surface area contributed by atoms with Crippen LogP contribution in [0.3, 0.4) is 0 Å². The number of anilines is 2. The topological polar surface area (TPSA) is 115 Å². The molecule has 1 atom stereocenters. The SMILES string of the molecule is Cc1cnc(COC2Nc3c(c(=O)n(CCCO)c(=O)n3C)N2Cc2ccc(Cl)cc2)o1. The van der Waals surface area contributed by atoms with Crippen LogP contribution >= 0.6 is 11.6 Å². The Morgan fingerprint density at radius 1 is 1.28 bits per heavy atom. The standard InChI is InChI=1S/C21H24ClN5O5/c1-13-10-23-16(32-13)12-31-20-24-18-17(27(20)11-14-4-6-15(22)7-5-14)19(29)26(8-3-9-28)21(30)25(18)2/h4-7,10,20,24,28H,3,8-9,11-12H2,1-2H3. The van der Waals surface area contributed by atoms with E-state index in [1.165, 1.54) is 4.57 Å². The fourth-order valence-electron chi connectivity index (χ4n) is 3.61. The lowest BCUT2D eigenvalue weighted by Crippen LogP contribution is -2.42. The summed E-state index contributed by atoms with van der Waals surface area (Å²) in [5, 5.41) is 12.9. The van der Waals surface area contributed by atoms with Crippen LogP contribution in [0.5, 0.6) is 0 Å². The number of halogens is 1. The Morgan fingerprint density at radius 3 is 2.69 bits per heavy atom. The highest BCUT2D eigenvalue weighted by Gasteiger charge is 2.36. The molecule has 0 spiro atoms. The van der Waals surface area contributed by atoms with Crippen LogP contribution in [0.15, 0.2) is 44.5 Å². The summed E-state index contributed by atoms with van der Waals surface area (Å²) in [6.45, 7) is 2.19. The van der Waals surface area contributed by atoms with Crippen molar-refractivity contribution in [2.24, 2.45) is 7.05 Å². The zero-order valence-electron chi connectivity index (χ0n) is 17.7. The molecule has 2 aromatic heterocycles. The van der Waals surface area contributed by atoms with E-state index in [0.29, 0.717) is 41.1 Å². The molecule has 2 N–H and O–H groups in total. The average molecular weight is 462 g/mol. The molecule has 0 saturated carbocycles. The second-order valence-electron chi connectivity index (χ2n) is 7.50. The largest absolute Gasteiger partial charge is 0.443 e. The van der Waals surface area contributed by atoms with Crippen LogP contribution in [-0.2, 0) is 31.5 Å². The molecule has 1 aliphatic heterocycles. The number of hydrogen-bond acceptors (Lipinski definition) is 8. The summed E-state index contributed by atoms with van der Waals surface area (Å²) in [5.41, 5.74) is 0.301. The van der Waals surface area contributed by atoms with Gasteiger partial charge < -0.3 is 24.5 Å². The molecule has 0 aliphatic carbocycles. The summed E-state index contributed by atoms with van der Waals surface area (Å²) in [6.07, 6.45) is 1.16. The highest BCUT2D eigenvalue weighted by Crippen LogP contribution is 2.32. The van der Waals surface area contributed by atoms with Gasteiger partial charge in [-0.15, -0.1) is 0 Å². The molecule has 32 heavy (non-hydrogen) atoms. The van der Waals surface area contributed by atoms with E-state index in [9.17, 15) is 14.7 Å². The highest BCUT2D eigenvalue weighted by atomic mass is 35.5. The van der Waals surface area contributed by atoms with Crippen molar-refractivity contribution in [1.82, 2.24) is 14.1 Å². The van der Waals surface area contributed by atoms with Gasteiger partial charge in [0.2, 0.25) is 12.2 Å². The van der Waals surface area contributed by atoms with Crippen molar-refractivity contribution in [2.45, 2.75) is 39.4 Å². The summed E-state index contributed by atoms with van der Waals surface area (Å²) in [5.74, 6) is 1.43. The number of nitrogens with one attached hydrogen (secondary N) is 1. The maximum absolute atomic E-state index is 13.3. The second kappa shape index (κ2) is 9.19. The third-order valence-electron chi connectivity index (χ3n) is 5.20. The van der Waals surface area contributed by atoms with E-state index in [-0.39, 0.29) is 19.8 Å². The van der Waals surface area contributed by atoms with Gasteiger partial charge in [-0.25, -0.2) is 9.78 Å². The van der Waals surface area contributed by atoms with Crippen molar-refractivity contribution in [3.63, 3.8) is 0 Å². The minimum atomic E-state index is -0.736. The van der Waals surface area contributed by atoms with E-state index in [4.69, 9.17) is 20.8 Å². The van der Waals surface area contributed by atoms with Gasteiger partial charge in [0.05, 0.1) is 6.20 Å². The molecule has 0 radical (unpaired) electrons. The Balaban J connectivity index is 1.72. The summed E-state index contributed by atoms with van der Waals surface area (Å²) < 4.78 is 14.0. The molecular weight excluding hydrogens is 438 g/mol. The van der Waals surface area contributed by atoms with Crippen LogP contribution < -0.4 is 21.5 Å². The van der Waals surface area contributed by atoms with Gasteiger partial charge in [0.1, 0.15) is 23.9 Å². The number of fused-ring (bicyclic) bond motifs is 1. The monoisotopic (exact) mass is 461 g/mol. The average Bonchev–Trinajstić information content (AvgIpc) is 3.36. The quantitative estimate of drug-likeness (QED) is 0.522. The van der Waals surface area contributed by atoms with Crippen molar-refractivity contribution in [3.05, 3.63) is 73.5 Å². The summed E-state index contributed by atoms with van der Waals surface area (Å²) in [6, 6.07) is 7.27. The van der Waals surface area contributed by atoms with Crippen molar-refractivity contribution < 1.29 is 14.3 Å². The molecule has 0 amide bonds. The van der Waals surface area contributed by atoms with Crippen LogP contribution in [0.2, 0.25) is 5.02 Å². The Hall–Kier alpha value is -3.08. The number of ether oxygens (including phenoxy) is 1. The molecule has 10 nitrogen and oxygen atoms in total. The van der Waals surface area contributed by atoms with E-state index in [0.717, 1.165) is 10.1 Å². The van der Waals surface area contributed by atoms with Gasteiger partial charge in [-0.3, -0.25) is 13.9 Å². The van der Waals surface area contributed by atoms with Crippen LogP contribution in [0.1, 0.15) is 23.6 Å². The van der Waals surface area contributed by atoms with Gasteiger partial charge in [0.15, 0.2) is 0 Å². The number of hydrogen-bond donors (Lipinski definition) is 2. The fraction of sp³-hybridized carbons (Fsp3) is 0.381. The number of benzene rings is 1. The third kappa shape index (κ3) is 4.29. The van der Waals surface area contributed by atoms with Crippen molar-refractivity contribution in [3.8, 4) is 0 Å². The first kappa shape index (κ1) is 22.1. The van der Waals surface area contributed by atoms with Crippen molar-refractivity contribution in [1.29, 1.82) is 0 Å². The van der Waals surface area contributed by atoms with Crippen LogP contribution in [-0.4, -0.2) is 32.2 Å². The number of oxazole rings is 1. The first-order valence-corrected chi connectivity index (χ1v) is 10.5. The molecule has 170 valence electrons. The van der Waals surface area contributed by atoms with E-state index in [1.807, 2.05) is 12.1 Å². The number of nitrogens with zero attached hydrogens (tertiary/aromatic N) is 4. The number of rotatable bonds is 8. The van der Waals surface area contributed by atoms with Gasteiger partial charge in [0.25, 0.3) is 5.56 Å². The molecule has 0 saturated heterocycles. The zero-order valence-corrected chi connectivity index (χ0v) is 18.5. The van der Waals surface area contributed by atoms with Crippen LogP contribution in [0.25, 0.3) is 0 Å². The fourth-order valence-corrected chi connectivity index (χ4v) is 3.74. The molecule has 1 aliphatic rings. The minimum Gasteiger partial charge on any atom is -0.443 e. The third-order valence-corrected chi connectivity index (χ3v) is 5.45. The Bertz CT molecular complexity index is 1220. The molecule has 3 aromatic rings. The lowest BCUT2D eigenvalue weighted by molar-refractivity contribution is 0.0456. The Labute approximate surface area is 188 Å². The second-order valence-corrected chi connectivity index (χ2v) is 7.94. The van der Waals surface area contributed by atoms with E-state index >= 15 is 0 Å². The van der Waals surface area contributed by atoms with E-state index in [2.05, 4.69) is 10.3 Å². The molecule has 1 unspecified atom stereocenters. The molecule has 11 heteroatoms. The number of aryl methyl sites for hydroxylation is 1. The van der Waals surface area contributed by atoms with Crippen molar-refractivity contribution in [2.75, 3.05) is 16.8 Å². The Kier molecular flexibility index (Phi) is 6.35. The highest BCUT2D eigenvalue weighted by molar-refractivity contribution is 6.30. The summed E-state index contributed by atoms with van der Waals surface area (Å²) in [7, 11) is 1.59. The number of aliphatic hydroxyl groups is 1. The molecule has 0 bridgehead atoms. The summed E-state index contributed by atoms with van der Waals surface area (Å²) >= 11 is 6.01. The lowest BCUT2D eigenvalue weighted by Gasteiger charge is -2.25. The lowest BCUT2D eigenvalue weighted by atomic mass is 10.2. The molecule has 1 aromatic carbocycles.